The van der Waals surface area contributed by atoms with Crippen LogP contribution in [-0.2, 0) is 9.53 Å². The summed E-state index contributed by atoms with van der Waals surface area (Å²) >= 11 is 0. The first kappa shape index (κ1) is 19.4. The van der Waals surface area contributed by atoms with Crippen LogP contribution in [0.5, 0.6) is 0 Å². The van der Waals surface area contributed by atoms with Gasteiger partial charge in [0.05, 0.1) is 6.04 Å². The molecule has 140 valence electrons. The Morgan fingerprint density at radius 3 is 2.52 bits per heavy atom. The van der Waals surface area contributed by atoms with Crippen LogP contribution in [0, 0.1) is 11.8 Å². The van der Waals surface area contributed by atoms with Crippen LogP contribution >= 0.6 is 0 Å². The average molecular weight is 349 g/mol. The topological polar surface area (TPSA) is 70.6 Å². The number of nitrogens with one attached hydrogen (secondary N) is 1. The van der Waals surface area contributed by atoms with Crippen molar-refractivity contribution < 1.29 is 9.53 Å². The number of amides is 1. The first-order valence-corrected chi connectivity index (χ1v) is 8.76. The quantitative estimate of drug-likeness (QED) is 0.840. The highest BCUT2D eigenvalue weighted by atomic mass is 16.5. The zero-order chi connectivity index (χ0) is 18.8. The fourth-order valence-electron chi connectivity index (χ4n) is 3.13. The lowest BCUT2D eigenvalue weighted by Gasteiger charge is -2.28. The lowest BCUT2D eigenvalue weighted by Crippen LogP contribution is -2.51. The van der Waals surface area contributed by atoms with Crippen molar-refractivity contribution in [2.24, 2.45) is 11.8 Å². The number of hydrogen-bond acceptors (Lipinski definition) is 6. The predicted octanol–water partition coefficient (Wildman–Crippen LogP) is 1.54. The normalized spacial score (nSPS) is 20.9. The second kappa shape index (κ2) is 7.56. The van der Waals surface area contributed by atoms with E-state index >= 15 is 0 Å². The summed E-state index contributed by atoms with van der Waals surface area (Å²) in [6, 6.07) is 0.0546. The minimum Gasteiger partial charge on any atom is -0.369 e. The van der Waals surface area contributed by atoms with Crippen LogP contribution in [0.3, 0.4) is 0 Å². The highest BCUT2D eigenvalue weighted by Crippen LogP contribution is 2.31. The molecule has 2 atom stereocenters. The fraction of sp³-hybridized carbons (Fsp3) is 0.722. The molecule has 1 amide bonds. The molecule has 1 aromatic rings. The second-order valence-electron chi connectivity index (χ2n) is 7.71. The minimum atomic E-state index is -0.837. The maximum Gasteiger partial charge on any atom is 0.251 e. The molecule has 2 rings (SSSR count). The number of aromatic nitrogens is 2. The van der Waals surface area contributed by atoms with Crippen molar-refractivity contribution in [2.75, 3.05) is 44.1 Å². The fourth-order valence-corrected chi connectivity index (χ4v) is 3.13. The smallest absolute Gasteiger partial charge is 0.251 e. The van der Waals surface area contributed by atoms with Gasteiger partial charge in [0, 0.05) is 52.6 Å². The van der Waals surface area contributed by atoms with Crippen LogP contribution in [0.25, 0.3) is 0 Å². The summed E-state index contributed by atoms with van der Waals surface area (Å²) in [5, 5.41) is 3.18. The van der Waals surface area contributed by atoms with Crippen LogP contribution in [0.4, 0.5) is 11.6 Å². The summed E-state index contributed by atoms with van der Waals surface area (Å²) in [6.45, 7) is 9.51. The molecule has 0 radical (unpaired) electrons. The van der Waals surface area contributed by atoms with E-state index in [1.54, 1.807) is 33.4 Å². The van der Waals surface area contributed by atoms with Crippen molar-refractivity contribution in [3.8, 4) is 0 Å². The molecule has 7 nitrogen and oxygen atoms in total. The van der Waals surface area contributed by atoms with Crippen molar-refractivity contribution in [3.63, 3.8) is 0 Å². The number of carbonyl (C=O) groups is 1. The molecule has 1 fully saturated rings. The van der Waals surface area contributed by atoms with Crippen LogP contribution in [-0.4, -0.2) is 61.8 Å². The van der Waals surface area contributed by atoms with Gasteiger partial charge in [-0.3, -0.25) is 4.79 Å². The van der Waals surface area contributed by atoms with E-state index in [0.717, 1.165) is 18.2 Å². The van der Waals surface area contributed by atoms with E-state index in [1.165, 1.54) is 0 Å². The van der Waals surface area contributed by atoms with Gasteiger partial charge in [0.25, 0.3) is 5.91 Å². The zero-order valence-electron chi connectivity index (χ0n) is 16.4. The number of methoxy groups -OCH3 is 1. The Labute approximate surface area is 150 Å². The maximum atomic E-state index is 12.5. The predicted molar refractivity (Wildman–Crippen MR) is 99.9 cm³/mol. The molecular formula is C18H31N5O2. The molecule has 1 saturated heterocycles. The summed E-state index contributed by atoms with van der Waals surface area (Å²) in [5.41, 5.74) is -0.837. The molecule has 0 saturated carbocycles. The van der Waals surface area contributed by atoms with Crippen LogP contribution in [0.15, 0.2) is 12.4 Å². The number of carbonyl (C=O) groups excluding carboxylic acids is 1. The molecule has 0 aliphatic carbocycles. The highest BCUT2D eigenvalue weighted by Gasteiger charge is 2.39. The lowest BCUT2D eigenvalue weighted by atomic mass is 9.91. The Morgan fingerprint density at radius 2 is 1.96 bits per heavy atom. The van der Waals surface area contributed by atoms with Crippen molar-refractivity contribution >= 4 is 17.5 Å². The number of ether oxygens (including phenoxy) is 1. The Bertz CT molecular complexity index is 603. The SMILES string of the molecule is COC(C)(C)C(=O)N[C@H]1CN(c2nccnc2N(C)C)C[C@@H]1C(C)C. The van der Waals surface area contributed by atoms with E-state index in [2.05, 4.69) is 34.0 Å². The van der Waals surface area contributed by atoms with Crippen molar-refractivity contribution in [3.05, 3.63) is 12.4 Å². The highest BCUT2D eigenvalue weighted by molar-refractivity contribution is 5.84. The lowest BCUT2D eigenvalue weighted by molar-refractivity contribution is -0.140. The van der Waals surface area contributed by atoms with Gasteiger partial charge >= 0.3 is 0 Å². The van der Waals surface area contributed by atoms with E-state index in [4.69, 9.17) is 4.74 Å². The van der Waals surface area contributed by atoms with Gasteiger partial charge in [0.2, 0.25) is 0 Å². The van der Waals surface area contributed by atoms with Gasteiger partial charge in [-0.15, -0.1) is 0 Å². The van der Waals surface area contributed by atoms with Gasteiger partial charge in [-0.2, -0.15) is 0 Å². The molecule has 25 heavy (non-hydrogen) atoms. The van der Waals surface area contributed by atoms with E-state index in [-0.39, 0.29) is 11.9 Å². The van der Waals surface area contributed by atoms with Gasteiger partial charge in [0.1, 0.15) is 5.60 Å². The zero-order valence-corrected chi connectivity index (χ0v) is 16.4. The standard InChI is InChI=1S/C18H31N5O2/c1-12(2)13-10-23(16-15(22(5)6)19-8-9-20-16)11-14(13)21-17(24)18(3,4)25-7/h8-9,12-14H,10-11H2,1-7H3,(H,21,24)/t13-,14+/m1/s1. The van der Waals surface area contributed by atoms with Crippen LogP contribution < -0.4 is 15.1 Å². The third kappa shape index (κ3) is 4.21. The summed E-state index contributed by atoms with van der Waals surface area (Å²) in [5.74, 6) is 2.41. The molecule has 0 spiro atoms. The first-order chi connectivity index (χ1) is 11.7. The number of rotatable bonds is 6. The Hall–Kier alpha value is -1.89. The molecule has 7 heteroatoms. The average Bonchev–Trinajstić information content (AvgIpc) is 2.98. The third-order valence-corrected chi connectivity index (χ3v) is 4.98. The van der Waals surface area contributed by atoms with E-state index in [1.807, 2.05) is 19.0 Å². The number of nitrogens with zero attached hydrogens (tertiary/aromatic N) is 4. The van der Waals surface area contributed by atoms with E-state index in [0.29, 0.717) is 18.4 Å². The molecule has 1 aliphatic heterocycles. The van der Waals surface area contributed by atoms with Crippen LogP contribution in [0.1, 0.15) is 27.7 Å². The molecule has 1 N–H and O–H groups in total. The van der Waals surface area contributed by atoms with Gasteiger partial charge in [-0.05, 0) is 19.8 Å². The van der Waals surface area contributed by atoms with Crippen LogP contribution in [0.2, 0.25) is 0 Å². The van der Waals surface area contributed by atoms with E-state index < -0.39 is 5.60 Å². The molecule has 1 aromatic heterocycles. The third-order valence-electron chi connectivity index (χ3n) is 4.98. The molecule has 0 bridgehead atoms. The van der Waals surface area contributed by atoms with Gasteiger partial charge in [-0.1, -0.05) is 13.8 Å². The molecule has 0 unspecified atom stereocenters. The van der Waals surface area contributed by atoms with Gasteiger partial charge in [-0.25, -0.2) is 9.97 Å². The van der Waals surface area contributed by atoms with Gasteiger partial charge < -0.3 is 19.9 Å². The Morgan fingerprint density at radius 1 is 1.32 bits per heavy atom. The second-order valence-corrected chi connectivity index (χ2v) is 7.71. The first-order valence-electron chi connectivity index (χ1n) is 8.76. The van der Waals surface area contributed by atoms with Gasteiger partial charge in [0.15, 0.2) is 11.6 Å². The van der Waals surface area contributed by atoms with Crippen molar-refractivity contribution in [1.29, 1.82) is 0 Å². The molecular weight excluding hydrogens is 318 g/mol. The summed E-state index contributed by atoms with van der Waals surface area (Å²) in [4.78, 5) is 25.7. The minimum absolute atomic E-state index is 0.0546. The molecule has 2 heterocycles. The monoisotopic (exact) mass is 349 g/mol. The number of anilines is 2. The number of hydrogen-bond donors (Lipinski definition) is 1. The maximum absolute atomic E-state index is 12.5. The Balaban J connectivity index is 2.22. The molecule has 1 aliphatic rings. The largest absolute Gasteiger partial charge is 0.369 e. The summed E-state index contributed by atoms with van der Waals surface area (Å²) < 4.78 is 5.31. The summed E-state index contributed by atoms with van der Waals surface area (Å²) in [6.07, 6.45) is 3.42. The summed E-state index contributed by atoms with van der Waals surface area (Å²) in [7, 11) is 5.48. The van der Waals surface area contributed by atoms with Crippen molar-refractivity contribution in [1.82, 2.24) is 15.3 Å². The van der Waals surface area contributed by atoms with E-state index in [9.17, 15) is 4.79 Å². The molecule has 0 aromatic carbocycles. The van der Waals surface area contributed by atoms with Crippen molar-refractivity contribution in [2.45, 2.75) is 39.3 Å². The Kier molecular flexibility index (Phi) is 5.87.